The maximum absolute atomic E-state index is 6.19. The fourth-order valence-corrected chi connectivity index (χ4v) is 2.63. The van der Waals surface area contributed by atoms with Crippen molar-refractivity contribution in [1.29, 1.82) is 0 Å². The molecule has 0 saturated heterocycles. The van der Waals surface area contributed by atoms with Gasteiger partial charge < -0.3 is 14.8 Å². The number of rotatable bonds is 8. The summed E-state index contributed by atoms with van der Waals surface area (Å²) in [4.78, 5) is 0. The van der Waals surface area contributed by atoms with E-state index in [0.717, 1.165) is 23.4 Å². The maximum atomic E-state index is 6.19. The van der Waals surface area contributed by atoms with Crippen LogP contribution in [-0.2, 0) is 13.2 Å². The summed E-state index contributed by atoms with van der Waals surface area (Å²) < 4.78 is 11.6. The van der Waals surface area contributed by atoms with Gasteiger partial charge in [-0.2, -0.15) is 0 Å². The van der Waals surface area contributed by atoms with Crippen molar-refractivity contribution in [1.82, 2.24) is 5.32 Å². The Morgan fingerprint density at radius 2 is 1.79 bits per heavy atom. The number of nitrogens with one attached hydrogen (secondary N) is 1. The fourth-order valence-electron chi connectivity index (χ4n) is 2.17. The zero-order chi connectivity index (χ0) is 17.5. The molecular formula is C19H23Cl2NO2. The minimum Gasteiger partial charge on any atom is -0.490 e. The molecule has 0 unspecified atom stereocenters. The van der Waals surface area contributed by atoms with Crippen LogP contribution in [0.2, 0.25) is 10.0 Å². The standard InChI is InChI=1S/C19H23Cl2NO2/c1-4-23-19-9-14(11-22-13(2)3)5-8-18(19)24-12-15-6-7-16(20)10-17(15)21/h5-10,13,22H,4,11-12H2,1-3H3. The number of ether oxygens (including phenoxy) is 2. The molecule has 0 spiro atoms. The lowest BCUT2D eigenvalue weighted by atomic mass is 10.2. The number of benzene rings is 2. The first kappa shape index (κ1) is 18.9. The molecule has 0 aliphatic rings. The summed E-state index contributed by atoms with van der Waals surface area (Å²) >= 11 is 12.1. The second-order valence-corrected chi connectivity index (χ2v) is 6.62. The molecule has 0 aromatic heterocycles. The minimum atomic E-state index is 0.361. The summed E-state index contributed by atoms with van der Waals surface area (Å²) in [6.07, 6.45) is 0. The fraction of sp³-hybridized carbons (Fsp3) is 0.368. The van der Waals surface area contributed by atoms with E-state index in [1.807, 2.05) is 31.2 Å². The monoisotopic (exact) mass is 367 g/mol. The third-order valence-corrected chi connectivity index (χ3v) is 4.01. The smallest absolute Gasteiger partial charge is 0.161 e. The highest BCUT2D eigenvalue weighted by atomic mass is 35.5. The van der Waals surface area contributed by atoms with E-state index in [0.29, 0.717) is 35.1 Å². The highest BCUT2D eigenvalue weighted by Crippen LogP contribution is 2.30. The van der Waals surface area contributed by atoms with E-state index in [-0.39, 0.29) is 0 Å². The Labute approximate surface area is 153 Å². The third kappa shape index (κ3) is 5.59. The normalized spacial score (nSPS) is 10.9. The van der Waals surface area contributed by atoms with Gasteiger partial charge in [0.05, 0.1) is 6.61 Å². The van der Waals surface area contributed by atoms with Gasteiger partial charge in [-0.3, -0.25) is 0 Å². The number of hydrogen-bond donors (Lipinski definition) is 1. The van der Waals surface area contributed by atoms with Gasteiger partial charge in [0.1, 0.15) is 6.61 Å². The Morgan fingerprint density at radius 3 is 2.46 bits per heavy atom. The van der Waals surface area contributed by atoms with E-state index in [9.17, 15) is 0 Å². The molecule has 2 aromatic rings. The van der Waals surface area contributed by atoms with Crippen LogP contribution in [0, 0.1) is 0 Å². The molecule has 24 heavy (non-hydrogen) atoms. The summed E-state index contributed by atoms with van der Waals surface area (Å²) in [5.41, 5.74) is 2.04. The van der Waals surface area contributed by atoms with Gasteiger partial charge >= 0.3 is 0 Å². The molecule has 0 saturated carbocycles. The van der Waals surface area contributed by atoms with Crippen molar-refractivity contribution < 1.29 is 9.47 Å². The predicted molar refractivity (Wildman–Crippen MR) is 100 cm³/mol. The largest absolute Gasteiger partial charge is 0.490 e. The van der Waals surface area contributed by atoms with Gasteiger partial charge in [-0.15, -0.1) is 0 Å². The van der Waals surface area contributed by atoms with Crippen molar-refractivity contribution in [2.24, 2.45) is 0 Å². The molecule has 0 amide bonds. The molecule has 0 bridgehead atoms. The Morgan fingerprint density at radius 1 is 1.00 bits per heavy atom. The first-order valence-corrected chi connectivity index (χ1v) is 8.81. The van der Waals surface area contributed by atoms with E-state index in [2.05, 4.69) is 19.2 Å². The van der Waals surface area contributed by atoms with Crippen LogP contribution in [0.4, 0.5) is 0 Å². The highest BCUT2D eigenvalue weighted by Gasteiger charge is 2.09. The lowest BCUT2D eigenvalue weighted by molar-refractivity contribution is 0.269. The van der Waals surface area contributed by atoms with E-state index >= 15 is 0 Å². The van der Waals surface area contributed by atoms with Crippen LogP contribution in [0.5, 0.6) is 11.5 Å². The summed E-state index contributed by atoms with van der Waals surface area (Å²) in [6, 6.07) is 11.8. The maximum Gasteiger partial charge on any atom is 0.161 e. The molecule has 0 heterocycles. The van der Waals surface area contributed by atoms with Crippen LogP contribution in [0.25, 0.3) is 0 Å². The van der Waals surface area contributed by atoms with Crippen LogP contribution < -0.4 is 14.8 Å². The van der Waals surface area contributed by atoms with Crippen LogP contribution in [0.1, 0.15) is 31.9 Å². The average Bonchev–Trinajstić information content (AvgIpc) is 2.53. The SMILES string of the molecule is CCOc1cc(CNC(C)C)ccc1OCc1ccc(Cl)cc1Cl. The molecule has 2 aromatic carbocycles. The third-order valence-electron chi connectivity index (χ3n) is 3.42. The van der Waals surface area contributed by atoms with E-state index in [1.165, 1.54) is 0 Å². The Balaban J connectivity index is 2.10. The van der Waals surface area contributed by atoms with Gasteiger partial charge in [0.2, 0.25) is 0 Å². The quantitative estimate of drug-likeness (QED) is 0.670. The second kappa shape index (κ2) is 9.16. The average molecular weight is 368 g/mol. The zero-order valence-corrected chi connectivity index (χ0v) is 15.7. The van der Waals surface area contributed by atoms with Gasteiger partial charge in [0.15, 0.2) is 11.5 Å². The summed E-state index contributed by atoms with van der Waals surface area (Å²) in [5.74, 6) is 1.45. The van der Waals surface area contributed by atoms with Crippen molar-refractivity contribution in [3.8, 4) is 11.5 Å². The molecule has 1 N–H and O–H groups in total. The Bertz CT molecular complexity index is 674. The second-order valence-electron chi connectivity index (χ2n) is 5.77. The molecule has 0 aliphatic carbocycles. The lowest BCUT2D eigenvalue weighted by Crippen LogP contribution is -2.21. The minimum absolute atomic E-state index is 0.361. The summed E-state index contributed by atoms with van der Waals surface area (Å²) in [6.45, 7) is 7.94. The Hall–Kier alpha value is -1.42. The molecule has 0 fully saturated rings. The Kier molecular flexibility index (Phi) is 7.22. The highest BCUT2D eigenvalue weighted by molar-refractivity contribution is 6.35. The lowest BCUT2D eigenvalue weighted by Gasteiger charge is -2.15. The van der Waals surface area contributed by atoms with E-state index < -0.39 is 0 Å². The topological polar surface area (TPSA) is 30.5 Å². The number of halogens is 2. The van der Waals surface area contributed by atoms with Crippen molar-refractivity contribution in [2.75, 3.05) is 6.61 Å². The van der Waals surface area contributed by atoms with Gasteiger partial charge in [-0.05, 0) is 36.8 Å². The van der Waals surface area contributed by atoms with Crippen molar-refractivity contribution in [2.45, 2.75) is 40.0 Å². The van der Waals surface area contributed by atoms with Crippen molar-refractivity contribution in [3.05, 3.63) is 57.6 Å². The van der Waals surface area contributed by atoms with Crippen LogP contribution in [0.3, 0.4) is 0 Å². The van der Waals surface area contributed by atoms with E-state index in [1.54, 1.807) is 12.1 Å². The molecule has 0 atom stereocenters. The molecule has 5 heteroatoms. The molecule has 2 rings (SSSR count). The molecule has 3 nitrogen and oxygen atoms in total. The van der Waals surface area contributed by atoms with Crippen molar-refractivity contribution >= 4 is 23.2 Å². The number of hydrogen-bond acceptors (Lipinski definition) is 3. The van der Waals surface area contributed by atoms with Crippen LogP contribution >= 0.6 is 23.2 Å². The van der Waals surface area contributed by atoms with Crippen LogP contribution in [-0.4, -0.2) is 12.6 Å². The molecular weight excluding hydrogens is 345 g/mol. The summed E-state index contributed by atoms with van der Waals surface area (Å²) in [7, 11) is 0. The van der Waals surface area contributed by atoms with Gasteiger partial charge in [0, 0.05) is 28.2 Å². The van der Waals surface area contributed by atoms with Gasteiger partial charge in [0.25, 0.3) is 0 Å². The zero-order valence-electron chi connectivity index (χ0n) is 14.2. The first-order valence-electron chi connectivity index (χ1n) is 8.05. The molecule has 130 valence electrons. The van der Waals surface area contributed by atoms with Crippen LogP contribution in [0.15, 0.2) is 36.4 Å². The summed E-state index contributed by atoms with van der Waals surface area (Å²) in [5, 5.41) is 4.60. The van der Waals surface area contributed by atoms with E-state index in [4.69, 9.17) is 32.7 Å². The van der Waals surface area contributed by atoms with Gasteiger partial charge in [-0.25, -0.2) is 0 Å². The van der Waals surface area contributed by atoms with Gasteiger partial charge in [-0.1, -0.05) is 49.2 Å². The predicted octanol–water partition coefficient (Wildman–Crippen LogP) is 5.47. The van der Waals surface area contributed by atoms with Crippen molar-refractivity contribution in [3.63, 3.8) is 0 Å². The first-order chi connectivity index (χ1) is 11.5. The molecule has 0 aliphatic heterocycles. The molecule has 0 radical (unpaired) electrons.